The summed E-state index contributed by atoms with van der Waals surface area (Å²) >= 11 is 0. The Bertz CT molecular complexity index is 733. The molecule has 6 atom stereocenters. The van der Waals surface area contributed by atoms with Gasteiger partial charge in [0.1, 0.15) is 49.3 Å². The maximum absolute atomic E-state index is 12.4. The number of hydrogen-bond acceptors (Lipinski definition) is 10. The van der Waals surface area contributed by atoms with Crippen molar-refractivity contribution in [2.75, 3.05) is 13.2 Å². The highest BCUT2D eigenvalue weighted by molar-refractivity contribution is 5.92. The van der Waals surface area contributed by atoms with Gasteiger partial charge in [0, 0.05) is 13.3 Å². The van der Waals surface area contributed by atoms with E-state index >= 15 is 0 Å². The fourth-order valence-corrected chi connectivity index (χ4v) is 2.76. The summed E-state index contributed by atoms with van der Waals surface area (Å²) in [5, 5.41) is 44.3. The zero-order chi connectivity index (χ0) is 26.4. The van der Waals surface area contributed by atoms with Crippen molar-refractivity contribution in [2.24, 2.45) is 5.73 Å². The number of carboxylic acids is 1. The van der Waals surface area contributed by atoms with Crippen LogP contribution in [0.3, 0.4) is 0 Å². The van der Waals surface area contributed by atoms with Gasteiger partial charge >= 0.3 is 5.97 Å². The molecule has 0 bridgehead atoms. The second-order valence-corrected chi connectivity index (χ2v) is 7.30. The van der Waals surface area contributed by atoms with Gasteiger partial charge in [-0.05, 0) is 12.8 Å². The smallest absolute Gasteiger partial charge is 0.303 e. The van der Waals surface area contributed by atoms with E-state index in [1.165, 1.54) is 6.92 Å². The number of nitrogens with one attached hydrogen (secondary N) is 3. The lowest BCUT2D eigenvalue weighted by Gasteiger charge is -2.30. The predicted octanol–water partition coefficient (Wildman–Crippen LogP) is -4.48. The molecular formula is C19H32N4O11. The number of carboxylic acid groups (broad SMARTS) is 1. The highest BCUT2D eigenvalue weighted by atomic mass is 16.5. The molecule has 0 heterocycles. The van der Waals surface area contributed by atoms with Crippen LogP contribution >= 0.6 is 0 Å². The molecule has 34 heavy (non-hydrogen) atoms. The summed E-state index contributed by atoms with van der Waals surface area (Å²) in [5.74, 6) is -4.55. The molecule has 0 spiro atoms. The van der Waals surface area contributed by atoms with Crippen LogP contribution in [-0.2, 0) is 33.5 Å². The molecule has 0 saturated heterocycles. The molecule has 0 aromatic rings. The molecule has 15 nitrogen and oxygen atoms in total. The number of primary amides is 1. The van der Waals surface area contributed by atoms with Crippen LogP contribution in [0.5, 0.6) is 0 Å². The third kappa shape index (κ3) is 11.1. The van der Waals surface area contributed by atoms with E-state index in [0.717, 1.165) is 6.92 Å². The topological polar surface area (TPSA) is 255 Å². The minimum atomic E-state index is -1.87. The monoisotopic (exact) mass is 492 g/mol. The van der Waals surface area contributed by atoms with Crippen LogP contribution in [0.25, 0.3) is 0 Å². The summed E-state index contributed by atoms with van der Waals surface area (Å²) in [6, 6.07) is -3.93. The molecule has 0 aliphatic carbocycles. The Morgan fingerprint density at radius 2 is 1.68 bits per heavy atom. The molecule has 15 heteroatoms. The van der Waals surface area contributed by atoms with E-state index in [1.54, 1.807) is 0 Å². The van der Waals surface area contributed by atoms with Crippen molar-refractivity contribution in [1.29, 1.82) is 0 Å². The van der Waals surface area contributed by atoms with Crippen LogP contribution in [0.4, 0.5) is 0 Å². The molecule has 4 amide bonds. The molecule has 194 valence electrons. The summed E-state index contributed by atoms with van der Waals surface area (Å²) in [6.45, 7) is 0.881. The molecule has 0 fully saturated rings. The van der Waals surface area contributed by atoms with E-state index in [4.69, 9.17) is 20.7 Å². The summed E-state index contributed by atoms with van der Waals surface area (Å²) in [4.78, 5) is 69.5. The van der Waals surface area contributed by atoms with Crippen LogP contribution in [0.15, 0.2) is 0 Å². The van der Waals surface area contributed by atoms with Gasteiger partial charge in [-0.3, -0.25) is 24.0 Å². The van der Waals surface area contributed by atoms with Crippen molar-refractivity contribution < 1.29 is 53.9 Å². The van der Waals surface area contributed by atoms with Gasteiger partial charge in [-0.15, -0.1) is 0 Å². The number of carbonyl (C=O) groups excluding carboxylic acids is 5. The molecule has 2 unspecified atom stereocenters. The number of aliphatic hydroxyl groups excluding tert-OH is 3. The normalized spacial score (nSPS) is 16.1. The number of aldehydes is 1. The van der Waals surface area contributed by atoms with Gasteiger partial charge in [0.2, 0.25) is 23.6 Å². The first kappa shape index (κ1) is 30.9. The number of hydrogen-bond donors (Lipinski definition) is 8. The number of carbonyl (C=O) groups is 6. The Balaban J connectivity index is 5.21. The van der Waals surface area contributed by atoms with E-state index in [2.05, 4.69) is 16.0 Å². The Morgan fingerprint density at radius 3 is 2.12 bits per heavy atom. The lowest BCUT2D eigenvalue weighted by Crippen LogP contribution is -2.56. The minimum absolute atomic E-state index is 0.0557. The lowest BCUT2D eigenvalue weighted by atomic mass is 10.0. The third-order valence-electron chi connectivity index (χ3n) is 4.56. The van der Waals surface area contributed by atoms with Gasteiger partial charge in [-0.25, -0.2) is 0 Å². The number of ether oxygens (including phenoxy) is 1. The first-order valence-corrected chi connectivity index (χ1v) is 10.3. The van der Waals surface area contributed by atoms with E-state index < -0.39 is 85.7 Å². The van der Waals surface area contributed by atoms with Gasteiger partial charge in [0.25, 0.3) is 0 Å². The van der Waals surface area contributed by atoms with Gasteiger partial charge in [-0.2, -0.15) is 0 Å². The van der Waals surface area contributed by atoms with Crippen LogP contribution in [0.2, 0.25) is 0 Å². The Hall–Kier alpha value is -3.14. The second kappa shape index (κ2) is 15.7. The largest absolute Gasteiger partial charge is 0.481 e. The Kier molecular flexibility index (Phi) is 14.2. The molecule has 0 rings (SSSR count). The zero-order valence-corrected chi connectivity index (χ0v) is 18.8. The van der Waals surface area contributed by atoms with Crippen molar-refractivity contribution in [3.05, 3.63) is 0 Å². The third-order valence-corrected chi connectivity index (χ3v) is 4.56. The zero-order valence-electron chi connectivity index (χ0n) is 18.8. The SMILES string of the molecule is CCC(NC(=O)CO[C@@H]([C@H](O)[C@H](O)CO)[C@H](C=O)NC(C)=O)C(=O)NC(CCC(=O)O)C(N)=O. The van der Waals surface area contributed by atoms with Gasteiger partial charge in [0.05, 0.1) is 6.61 Å². The van der Waals surface area contributed by atoms with E-state index in [9.17, 15) is 39.0 Å². The predicted molar refractivity (Wildman–Crippen MR) is 113 cm³/mol. The summed E-state index contributed by atoms with van der Waals surface area (Å²) in [5.41, 5.74) is 5.16. The second-order valence-electron chi connectivity index (χ2n) is 7.30. The number of aliphatic carboxylic acids is 1. The van der Waals surface area contributed by atoms with Crippen molar-refractivity contribution in [3.63, 3.8) is 0 Å². The van der Waals surface area contributed by atoms with Crippen LogP contribution < -0.4 is 21.7 Å². The number of amides is 4. The molecule has 9 N–H and O–H groups in total. The number of aliphatic hydroxyl groups is 3. The molecule has 0 aliphatic rings. The fourth-order valence-electron chi connectivity index (χ4n) is 2.76. The molecule has 0 aromatic carbocycles. The maximum atomic E-state index is 12.4. The average molecular weight is 492 g/mol. The molecule has 0 radical (unpaired) electrons. The first-order chi connectivity index (χ1) is 15.9. The fraction of sp³-hybridized carbons (Fsp3) is 0.684. The van der Waals surface area contributed by atoms with Gasteiger partial charge < -0.3 is 51.6 Å². The Morgan fingerprint density at radius 1 is 1.06 bits per heavy atom. The number of nitrogens with two attached hydrogens (primary N) is 1. The van der Waals surface area contributed by atoms with E-state index in [-0.39, 0.29) is 19.1 Å². The molecular weight excluding hydrogens is 460 g/mol. The Labute approximate surface area is 195 Å². The summed E-state index contributed by atoms with van der Waals surface area (Å²) in [7, 11) is 0. The van der Waals surface area contributed by atoms with Gasteiger partial charge in [-0.1, -0.05) is 6.92 Å². The van der Waals surface area contributed by atoms with Gasteiger partial charge in [0.15, 0.2) is 0 Å². The van der Waals surface area contributed by atoms with E-state index in [1.807, 2.05) is 0 Å². The first-order valence-electron chi connectivity index (χ1n) is 10.3. The highest BCUT2D eigenvalue weighted by Gasteiger charge is 2.35. The molecule has 0 saturated carbocycles. The highest BCUT2D eigenvalue weighted by Crippen LogP contribution is 2.09. The van der Waals surface area contributed by atoms with Crippen molar-refractivity contribution in [2.45, 2.75) is 69.5 Å². The average Bonchev–Trinajstić information content (AvgIpc) is 2.77. The van der Waals surface area contributed by atoms with Crippen LogP contribution in [0, 0.1) is 0 Å². The summed E-state index contributed by atoms with van der Waals surface area (Å²) in [6.07, 6.45) is -5.67. The maximum Gasteiger partial charge on any atom is 0.303 e. The van der Waals surface area contributed by atoms with Crippen LogP contribution in [-0.4, -0.2) is 106 Å². The van der Waals surface area contributed by atoms with E-state index in [0.29, 0.717) is 0 Å². The molecule has 0 aliphatic heterocycles. The number of rotatable bonds is 17. The summed E-state index contributed by atoms with van der Waals surface area (Å²) < 4.78 is 5.20. The van der Waals surface area contributed by atoms with Crippen LogP contribution in [0.1, 0.15) is 33.1 Å². The van der Waals surface area contributed by atoms with Crippen molar-refractivity contribution >= 4 is 35.9 Å². The standard InChI is InChI=1S/C19H32N4O11/c1-3-10(19(33)23-11(18(20)32)4-5-15(29)30)22-14(28)8-34-17(16(31)13(27)7-25)12(6-24)21-9(2)26/h6,10-13,16-17,25,27,31H,3-5,7-8H2,1-2H3,(H2,20,32)(H,21,26)(H,22,28)(H,23,33)(H,29,30)/t10?,11?,12-,13+,16+,17+/m0/s1. The van der Waals surface area contributed by atoms with Crippen molar-refractivity contribution in [1.82, 2.24) is 16.0 Å². The van der Waals surface area contributed by atoms with Crippen molar-refractivity contribution in [3.8, 4) is 0 Å². The quantitative estimate of drug-likeness (QED) is 0.0898. The minimum Gasteiger partial charge on any atom is -0.481 e. The molecule has 0 aromatic heterocycles. The lowest BCUT2D eigenvalue weighted by molar-refractivity contribution is -0.146.